The molecule has 2 aromatic heterocycles. The van der Waals surface area contributed by atoms with E-state index in [2.05, 4.69) is 35.2 Å². The minimum Gasteiger partial charge on any atom is -0.345 e. The molecule has 0 saturated heterocycles. The van der Waals surface area contributed by atoms with Gasteiger partial charge in [-0.15, -0.1) is 0 Å². The van der Waals surface area contributed by atoms with Crippen LogP contribution in [0.5, 0.6) is 0 Å². The summed E-state index contributed by atoms with van der Waals surface area (Å²) < 4.78 is 1.95. The molecular formula is C14H16N4O. The van der Waals surface area contributed by atoms with Crippen LogP contribution in [0.25, 0.3) is 16.7 Å². The molecule has 0 aromatic carbocycles. The quantitative estimate of drug-likeness (QED) is 0.848. The van der Waals surface area contributed by atoms with Gasteiger partial charge in [-0.2, -0.15) is 0 Å². The average molecular weight is 256 g/mol. The predicted octanol–water partition coefficient (Wildman–Crippen LogP) is 1.98. The van der Waals surface area contributed by atoms with Crippen molar-refractivity contribution in [1.82, 2.24) is 19.9 Å². The maximum Gasteiger partial charge on any atom is 0.268 e. The van der Waals surface area contributed by atoms with Crippen molar-refractivity contribution in [1.29, 1.82) is 0 Å². The molecule has 2 aromatic rings. The fourth-order valence-corrected chi connectivity index (χ4v) is 2.39. The molecule has 0 bridgehead atoms. The monoisotopic (exact) mass is 256 g/mol. The van der Waals surface area contributed by atoms with Crippen molar-refractivity contribution in [3.8, 4) is 0 Å². The summed E-state index contributed by atoms with van der Waals surface area (Å²) in [6.07, 6.45) is 3.92. The molecule has 0 unspecified atom stereocenters. The van der Waals surface area contributed by atoms with Crippen LogP contribution in [0.3, 0.4) is 0 Å². The van der Waals surface area contributed by atoms with Crippen LogP contribution in [-0.2, 0) is 0 Å². The van der Waals surface area contributed by atoms with Gasteiger partial charge in [0.25, 0.3) is 5.91 Å². The standard InChI is InChI=1S/C14H16N4O/c1-8(2)4-11-7-16-14(19)12-5-10-6-15-9(3)17-13(10)18(11)12/h4-6,8H,7H2,1-3H3,(H,16,19)/b11-4+. The minimum atomic E-state index is -0.0587. The summed E-state index contributed by atoms with van der Waals surface area (Å²) in [6, 6.07) is 1.84. The Hall–Kier alpha value is -2.17. The van der Waals surface area contributed by atoms with Gasteiger partial charge in [-0.25, -0.2) is 9.97 Å². The predicted molar refractivity (Wildman–Crippen MR) is 73.7 cm³/mol. The number of fused-ring (bicyclic) bond motifs is 3. The van der Waals surface area contributed by atoms with Gasteiger partial charge < -0.3 is 5.32 Å². The van der Waals surface area contributed by atoms with Crippen molar-refractivity contribution in [3.63, 3.8) is 0 Å². The highest BCUT2D eigenvalue weighted by atomic mass is 16.2. The molecule has 5 nitrogen and oxygen atoms in total. The van der Waals surface area contributed by atoms with Gasteiger partial charge in [0.15, 0.2) is 0 Å². The normalized spacial score (nSPS) is 17.1. The molecule has 3 rings (SSSR count). The largest absolute Gasteiger partial charge is 0.345 e. The highest BCUT2D eigenvalue weighted by Gasteiger charge is 2.24. The number of hydrogen-bond donors (Lipinski definition) is 1. The number of hydrogen-bond acceptors (Lipinski definition) is 3. The maximum absolute atomic E-state index is 12.0. The minimum absolute atomic E-state index is 0.0587. The number of aryl methyl sites for hydroxylation is 1. The van der Waals surface area contributed by atoms with Crippen LogP contribution in [0.4, 0.5) is 0 Å². The third-order valence-electron chi connectivity index (χ3n) is 3.14. The van der Waals surface area contributed by atoms with Crippen LogP contribution in [0.1, 0.15) is 30.2 Å². The van der Waals surface area contributed by atoms with E-state index in [1.807, 2.05) is 17.6 Å². The molecule has 0 saturated carbocycles. The number of amides is 1. The maximum atomic E-state index is 12.0. The first-order chi connectivity index (χ1) is 9.06. The van der Waals surface area contributed by atoms with Crippen molar-refractivity contribution >= 4 is 22.6 Å². The van der Waals surface area contributed by atoms with E-state index in [4.69, 9.17) is 0 Å². The summed E-state index contributed by atoms with van der Waals surface area (Å²) in [5.74, 6) is 1.07. The van der Waals surface area contributed by atoms with Gasteiger partial charge in [0.1, 0.15) is 17.2 Å². The van der Waals surface area contributed by atoms with Gasteiger partial charge in [-0.3, -0.25) is 9.36 Å². The Labute approximate surface area is 111 Å². The highest BCUT2D eigenvalue weighted by molar-refractivity contribution is 6.02. The van der Waals surface area contributed by atoms with Gasteiger partial charge in [-0.05, 0) is 18.9 Å². The van der Waals surface area contributed by atoms with E-state index in [1.165, 1.54) is 0 Å². The second-order valence-corrected chi connectivity index (χ2v) is 5.15. The van der Waals surface area contributed by atoms with Gasteiger partial charge in [0.05, 0.1) is 6.54 Å². The first-order valence-corrected chi connectivity index (χ1v) is 6.40. The number of nitrogens with zero attached hydrogens (tertiary/aromatic N) is 3. The fraction of sp³-hybridized carbons (Fsp3) is 0.357. The van der Waals surface area contributed by atoms with Crippen molar-refractivity contribution < 1.29 is 4.79 Å². The van der Waals surface area contributed by atoms with Crippen LogP contribution in [0.2, 0.25) is 0 Å². The lowest BCUT2D eigenvalue weighted by Gasteiger charge is -2.20. The molecule has 0 atom stereocenters. The van der Waals surface area contributed by atoms with Crippen molar-refractivity contribution in [3.05, 3.63) is 29.9 Å². The first-order valence-electron chi connectivity index (χ1n) is 6.40. The Morgan fingerprint density at radius 1 is 1.47 bits per heavy atom. The number of rotatable bonds is 1. The molecule has 19 heavy (non-hydrogen) atoms. The SMILES string of the molecule is Cc1ncc2cc3n(c2n1)/C(=C/C(C)C)CNC3=O. The van der Waals surface area contributed by atoms with Crippen LogP contribution in [-0.4, -0.2) is 27.0 Å². The van der Waals surface area contributed by atoms with Gasteiger partial charge in [-0.1, -0.05) is 19.9 Å². The molecule has 0 aliphatic carbocycles. The van der Waals surface area contributed by atoms with E-state index in [1.54, 1.807) is 6.20 Å². The lowest BCUT2D eigenvalue weighted by Crippen LogP contribution is -2.34. The lowest BCUT2D eigenvalue weighted by atomic mass is 10.1. The zero-order valence-electron chi connectivity index (χ0n) is 11.3. The third kappa shape index (κ3) is 1.91. The lowest BCUT2D eigenvalue weighted by molar-refractivity contribution is 0.0945. The van der Waals surface area contributed by atoms with E-state index >= 15 is 0 Å². The zero-order valence-corrected chi connectivity index (χ0v) is 11.3. The Kier molecular flexibility index (Phi) is 2.62. The average Bonchev–Trinajstić information content (AvgIpc) is 2.72. The molecule has 3 heterocycles. The molecule has 1 amide bonds. The topological polar surface area (TPSA) is 59.8 Å². The first kappa shape index (κ1) is 11.9. The summed E-state index contributed by atoms with van der Waals surface area (Å²) in [6.45, 7) is 6.63. The van der Waals surface area contributed by atoms with Crippen LogP contribution >= 0.6 is 0 Å². The van der Waals surface area contributed by atoms with E-state index in [-0.39, 0.29) is 5.91 Å². The molecule has 5 heteroatoms. The van der Waals surface area contributed by atoms with Crippen molar-refractivity contribution in [2.45, 2.75) is 20.8 Å². The summed E-state index contributed by atoms with van der Waals surface area (Å²) in [4.78, 5) is 20.6. The Balaban J connectivity index is 2.32. The van der Waals surface area contributed by atoms with Gasteiger partial charge in [0, 0.05) is 17.3 Å². The number of aromatic nitrogens is 3. The van der Waals surface area contributed by atoms with Crippen molar-refractivity contribution in [2.75, 3.05) is 6.54 Å². The Bertz CT molecular complexity index is 697. The van der Waals surface area contributed by atoms with Crippen LogP contribution < -0.4 is 5.32 Å². The Morgan fingerprint density at radius 3 is 3.00 bits per heavy atom. The molecule has 98 valence electrons. The summed E-state index contributed by atoms with van der Waals surface area (Å²) in [7, 11) is 0. The van der Waals surface area contributed by atoms with Gasteiger partial charge >= 0.3 is 0 Å². The number of nitrogens with one attached hydrogen (secondary N) is 1. The molecule has 0 spiro atoms. The van der Waals surface area contributed by atoms with E-state index < -0.39 is 0 Å². The summed E-state index contributed by atoms with van der Waals surface area (Å²) in [5.41, 5.74) is 2.51. The molecule has 1 aliphatic heterocycles. The highest BCUT2D eigenvalue weighted by Crippen LogP contribution is 2.25. The number of carbonyl (C=O) groups excluding carboxylic acids is 1. The summed E-state index contributed by atoms with van der Waals surface area (Å²) >= 11 is 0. The van der Waals surface area contributed by atoms with E-state index in [9.17, 15) is 4.79 Å². The fourth-order valence-electron chi connectivity index (χ4n) is 2.39. The molecule has 1 aliphatic rings. The van der Waals surface area contributed by atoms with Crippen LogP contribution in [0.15, 0.2) is 18.3 Å². The van der Waals surface area contributed by atoms with Gasteiger partial charge in [0.2, 0.25) is 0 Å². The molecule has 1 N–H and O–H groups in total. The second kappa shape index (κ2) is 4.19. The summed E-state index contributed by atoms with van der Waals surface area (Å²) in [5, 5.41) is 3.79. The second-order valence-electron chi connectivity index (χ2n) is 5.15. The Morgan fingerprint density at radius 2 is 2.26 bits per heavy atom. The number of allylic oxidation sites excluding steroid dienone is 1. The third-order valence-corrected chi connectivity index (χ3v) is 3.14. The van der Waals surface area contributed by atoms with Crippen LogP contribution in [0, 0.1) is 12.8 Å². The molecule has 0 radical (unpaired) electrons. The van der Waals surface area contributed by atoms with Crippen molar-refractivity contribution in [2.24, 2.45) is 5.92 Å². The van der Waals surface area contributed by atoms with E-state index in [0.29, 0.717) is 24.0 Å². The molecular weight excluding hydrogens is 240 g/mol. The zero-order chi connectivity index (χ0) is 13.6. The number of carbonyl (C=O) groups is 1. The molecule has 0 fully saturated rings. The smallest absolute Gasteiger partial charge is 0.268 e. The van der Waals surface area contributed by atoms with E-state index in [0.717, 1.165) is 16.7 Å².